The average Bonchev–Trinajstić information content (AvgIpc) is 3.04. The lowest BCUT2D eigenvalue weighted by Crippen LogP contribution is -2.00. The average molecular weight is 371 g/mol. The highest BCUT2D eigenvalue weighted by Gasteiger charge is 2.13. The number of ether oxygens (including phenoxy) is 1. The number of rotatable bonds is 7. The Kier molecular flexibility index (Phi) is 5.11. The second-order valence-electron chi connectivity index (χ2n) is 6.79. The van der Waals surface area contributed by atoms with Crippen molar-refractivity contribution in [3.8, 4) is 5.75 Å². The van der Waals surface area contributed by atoms with Crippen molar-refractivity contribution in [3.63, 3.8) is 0 Å². The van der Waals surface area contributed by atoms with Gasteiger partial charge in [0, 0.05) is 23.6 Å². The van der Waals surface area contributed by atoms with Crippen LogP contribution in [0.1, 0.15) is 16.7 Å². The monoisotopic (exact) mass is 371 g/mol. The van der Waals surface area contributed by atoms with E-state index in [9.17, 15) is 9.90 Å². The number of carboxylic acids is 1. The molecule has 28 heavy (non-hydrogen) atoms. The van der Waals surface area contributed by atoms with Crippen LogP contribution in [0.4, 0.5) is 0 Å². The van der Waals surface area contributed by atoms with E-state index in [1.807, 2.05) is 72.9 Å². The van der Waals surface area contributed by atoms with Crippen molar-refractivity contribution in [2.75, 3.05) is 0 Å². The molecule has 0 bridgehead atoms. The second kappa shape index (κ2) is 8.01. The van der Waals surface area contributed by atoms with Crippen molar-refractivity contribution in [2.45, 2.75) is 19.6 Å². The van der Waals surface area contributed by atoms with E-state index in [1.54, 1.807) is 0 Å². The van der Waals surface area contributed by atoms with E-state index in [-0.39, 0.29) is 6.42 Å². The zero-order valence-electron chi connectivity index (χ0n) is 15.4. The zero-order chi connectivity index (χ0) is 19.3. The van der Waals surface area contributed by atoms with Crippen LogP contribution in [0.3, 0.4) is 0 Å². The summed E-state index contributed by atoms with van der Waals surface area (Å²) in [5, 5.41) is 10.2. The molecule has 4 rings (SSSR count). The first-order valence-corrected chi connectivity index (χ1v) is 9.23. The third kappa shape index (κ3) is 4.07. The standard InChI is InChI=1S/C24H21NO3/c26-24(27)13-20-16-25(15-18-7-3-1-4-8-18)23-12-11-21(14-22(20)23)28-17-19-9-5-2-6-10-19/h1-12,14,16H,13,15,17H2,(H,26,27). The van der Waals surface area contributed by atoms with Crippen LogP contribution in [0.5, 0.6) is 5.75 Å². The molecule has 0 atom stereocenters. The largest absolute Gasteiger partial charge is 0.489 e. The Morgan fingerprint density at radius 3 is 2.25 bits per heavy atom. The second-order valence-corrected chi connectivity index (χ2v) is 6.79. The molecule has 140 valence electrons. The van der Waals surface area contributed by atoms with Crippen LogP contribution in [0.25, 0.3) is 10.9 Å². The topological polar surface area (TPSA) is 51.5 Å². The molecule has 1 aromatic heterocycles. The van der Waals surface area contributed by atoms with Gasteiger partial charge in [0.15, 0.2) is 0 Å². The molecule has 0 aliphatic carbocycles. The molecule has 1 heterocycles. The van der Waals surface area contributed by atoms with E-state index < -0.39 is 5.97 Å². The maximum absolute atomic E-state index is 11.3. The molecule has 0 saturated heterocycles. The first kappa shape index (κ1) is 17.9. The summed E-state index contributed by atoms with van der Waals surface area (Å²) in [4.78, 5) is 11.3. The minimum Gasteiger partial charge on any atom is -0.489 e. The number of nitrogens with zero attached hydrogens (tertiary/aromatic N) is 1. The summed E-state index contributed by atoms with van der Waals surface area (Å²) < 4.78 is 8.03. The van der Waals surface area contributed by atoms with Crippen molar-refractivity contribution >= 4 is 16.9 Å². The number of benzene rings is 3. The molecule has 0 spiro atoms. The van der Waals surface area contributed by atoms with Gasteiger partial charge >= 0.3 is 5.97 Å². The molecule has 0 saturated carbocycles. The van der Waals surface area contributed by atoms with Gasteiger partial charge in [-0.3, -0.25) is 4.79 Å². The third-order valence-corrected chi connectivity index (χ3v) is 4.72. The van der Waals surface area contributed by atoms with Crippen LogP contribution in [-0.2, 0) is 24.4 Å². The van der Waals surface area contributed by atoms with Crippen molar-refractivity contribution in [1.82, 2.24) is 4.57 Å². The van der Waals surface area contributed by atoms with Gasteiger partial charge in [0.05, 0.1) is 6.42 Å². The van der Waals surface area contributed by atoms with Gasteiger partial charge in [-0.2, -0.15) is 0 Å². The lowest BCUT2D eigenvalue weighted by atomic mass is 10.1. The van der Waals surface area contributed by atoms with Gasteiger partial charge in [-0.15, -0.1) is 0 Å². The van der Waals surface area contributed by atoms with E-state index >= 15 is 0 Å². The Labute approximate surface area is 163 Å². The smallest absolute Gasteiger partial charge is 0.307 e. The minimum absolute atomic E-state index is 0.0135. The van der Waals surface area contributed by atoms with Crippen molar-refractivity contribution < 1.29 is 14.6 Å². The van der Waals surface area contributed by atoms with E-state index in [4.69, 9.17) is 4.74 Å². The minimum atomic E-state index is -0.839. The molecule has 4 heteroatoms. The van der Waals surface area contributed by atoms with Crippen molar-refractivity contribution in [2.24, 2.45) is 0 Å². The highest BCUT2D eigenvalue weighted by molar-refractivity contribution is 5.88. The van der Waals surface area contributed by atoms with E-state index in [2.05, 4.69) is 16.7 Å². The Hall–Kier alpha value is -3.53. The SMILES string of the molecule is O=C(O)Cc1cn(Cc2ccccc2)c2ccc(OCc3ccccc3)cc12. The number of carboxylic acid groups (broad SMARTS) is 1. The van der Waals surface area contributed by atoms with E-state index in [0.29, 0.717) is 13.2 Å². The Morgan fingerprint density at radius 2 is 1.57 bits per heavy atom. The van der Waals surface area contributed by atoms with Crippen LogP contribution >= 0.6 is 0 Å². The normalized spacial score (nSPS) is 10.9. The Morgan fingerprint density at radius 1 is 0.893 bits per heavy atom. The van der Waals surface area contributed by atoms with Crippen LogP contribution in [0, 0.1) is 0 Å². The van der Waals surface area contributed by atoms with Crippen LogP contribution in [0.15, 0.2) is 85.1 Å². The van der Waals surface area contributed by atoms with Gasteiger partial charge in [-0.05, 0) is 34.9 Å². The van der Waals surface area contributed by atoms with E-state index in [0.717, 1.165) is 27.8 Å². The van der Waals surface area contributed by atoms with Crippen molar-refractivity contribution in [1.29, 1.82) is 0 Å². The molecule has 4 aromatic rings. The molecule has 0 amide bonds. The molecular weight excluding hydrogens is 350 g/mol. The zero-order valence-corrected chi connectivity index (χ0v) is 15.4. The molecule has 0 aliphatic heterocycles. The Balaban J connectivity index is 1.65. The lowest BCUT2D eigenvalue weighted by molar-refractivity contribution is -0.136. The fraction of sp³-hybridized carbons (Fsp3) is 0.125. The van der Waals surface area contributed by atoms with Crippen LogP contribution in [0.2, 0.25) is 0 Å². The Bertz CT molecular complexity index is 1090. The number of aromatic nitrogens is 1. The molecular formula is C24H21NO3. The summed E-state index contributed by atoms with van der Waals surface area (Å²) >= 11 is 0. The molecule has 3 aromatic carbocycles. The molecule has 1 N–H and O–H groups in total. The number of fused-ring (bicyclic) bond motifs is 1. The summed E-state index contributed by atoms with van der Waals surface area (Å²) in [7, 11) is 0. The predicted octanol–water partition coefficient (Wildman–Crippen LogP) is 4.90. The molecule has 4 nitrogen and oxygen atoms in total. The highest BCUT2D eigenvalue weighted by atomic mass is 16.5. The number of carbonyl (C=O) groups is 1. The fourth-order valence-corrected chi connectivity index (χ4v) is 3.40. The van der Waals surface area contributed by atoms with Crippen molar-refractivity contribution in [3.05, 3.63) is 102 Å². The molecule has 0 aliphatic rings. The third-order valence-electron chi connectivity index (χ3n) is 4.72. The summed E-state index contributed by atoms with van der Waals surface area (Å²) in [6, 6.07) is 26.0. The summed E-state index contributed by atoms with van der Waals surface area (Å²) in [6.07, 6.45) is 1.92. The molecule has 0 fully saturated rings. The summed E-state index contributed by atoms with van der Waals surface area (Å²) in [5.74, 6) is -0.102. The summed E-state index contributed by atoms with van der Waals surface area (Å²) in [6.45, 7) is 1.17. The fourth-order valence-electron chi connectivity index (χ4n) is 3.40. The van der Waals surface area contributed by atoms with Gasteiger partial charge in [0.1, 0.15) is 12.4 Å². The first-order chi connectivity index (χ1) is 13.7. The van der Waals surface area contributed by atoms with Gasteiger partial charge < -0.3 is 14.4 Å². The molecule has 0 unspecified atom stereocenters. The maximum atomic E-state index is 11.3. The predicted molar refractivity (Wildman–Crippen MR) is 110 cm³/mol. The van der Waals surface area contributed by atoms with Crippen LogP contribution in [-0.4, -0.2) is 15.6 Å². The van der Waals surface area contributed by atoms with Gasteiger partial charge in [0.2, 0.25) is 0 Å². The first-order valence-electron chi connectivity index (χ1n) is 9.23. The highest BCUT2D eigenvalue weighted by Crippen LogP contribution is 2.28. The number of hydrogen-bond donors (Lipinski definition) is 1. The van der Waals surface area contributed by atoms with Gasteiger partial charge in [-0.1, -0.05) is 60.7 Å². The number of aliphatic carboxylic acids is 1. The number of hydrogen-bond acceptors (Lipinski definition) is 2. The van der Waals surface area contributed by atoms with E-state index in [1.165, 1.54) is 5.56 Å². The van der Waals surface area contributed by atoms with Crippen LogP contribution < -0.4 is 4.74 Å². The van der Waals surface area contributed by atoms with Gasteiger partial charge in [-0.25, -0.2) is 0 Å². The van der Waals surface area contributed by atoms with Gasteiger partial charge in [0.25, 0.3) is 0 Å². The molecule has 0 radical (unpaired) electrons. The maximum Gasteiger partial charge on any atom is 0.307 e. The summed E-state index contributed by atoms with van der Waals surface area (Å²) in [5.41, 5.74) is 4.07. The lowest BCUT2D eigenvalue weighted by Gasteiger charge is -2.08. The quantitative estimate of drug-likeness (QED) is 0.503.